The number of H-pyrrole nitrogens is 1. The highest BCUT2D eigenvalue weighted by atomic mass is 32.2. The number of carboxylic acids is 1. The normalized spacial score (nSPS) is 12.9. The number of carbonyl (C=O) groups is 2. The molecule has 0 fully saturated rings. The largest absolute Gasteiger partial charge is 0.490 e. The second-order valence-corrected chi connectivity index (χ2v) is 9.26. The fourth-order valence-corrected chi connectivity index (χ4v) is 4.61. The minimum atomic E-state index is -5.08. The maximum absolute atomic E-state index is 12.1. The van der Waals surface area contributed by atoms with E-state index < -0.39 is 12.1 Å². The molecule has 0 saturated carbocycles. The van der Waals surface area contributed by atoms with Crippen LogP contribution in [-0.2, 0) is 11.2 Å². The average molecular weight is 538 g/mol. The number of pyridine rings is 1. The Morgan fingerprint density at radius 1 is 1.00 bits per heavy atom. The Bertz CT molecular complexity index is 1470. The van der Waals surface area contributed by atoms with Crippen LogP contribution in [0, 0.1) is 0 Å². The molecule has 10 heteroatoms. The molecule has 0 unspecified atom stereocenters. The van der Waals surface area contributed by atoms with Crippen LogP contribution in [0.1, 0.15) is 27.3 Å². The number of aromatic amines is 1. The molecule has 1 aliphatic rings. The van der Waals surface area contributed by atoms with Crippen molar-refractivity contribution in [3.8, 4) is 11.3 Å². The van der Waals surface area contributed by atoms with Gasteiger partial charge in [-0.15, -0.1) is 0 Å². The van der Waals surface area contributed by atoms with Gasteiger partial charge in [-0.3, -0.25) is 9.78 Å². The van der Waals surface area contributed by atoms with Crippen LogP contribution < -0.4 is 5.32 Å². The lowest BCUT2D eigenvalue weighted by Gasteiger charge is -2.10. The average Bonchev–Trinajstić information content (AvgIpc) is 3.35. The second-order valence-electron chi connectivity index (χ2n) is 8.14. The summed E-state index contributed by atoms with van der Waals surface area (Å²) in [6, 6.07) is 24.7. The van der Waals surface area contributed by atoms with Crippen molar-refractivity contribution in [2.24, 2.45) is 0 Å². The molecule has 4 aromatic rings. The number of hydrogen-bond donors (Lipinski definition) is 3. The minimum absolute atomic E-state index is 0.00884. The lowest BCUT2D eigenvalue weighted by atomic mass is 10.1. The van der Waals surface area contributed by atoms with Gasteiger partial charge in [0.1, 0.15) is 0 Å². The summed E-state index contributed by atoms with van der Waals surface area (Å²) in [7, 11) is 0. The Morgan fingerprint density at radius 3 is 2.42 bits per heavy atom. The molecule has 1 aliphatic heterocycles. The first-order chi connectivity index (χ1) is 18.2. The zero-order valence-electron chi connectivity index (χ0n) is 19.8. The molecule has 2 aromatic carbocycles. The van der Waals surface area contributed by atoms with Crippen LogP contribution >= 0.6 is 11.8 Å². The van der Waals surface area contributed by atoms with Crippen LogP contribution in [0.5, 0.6) is 0 Å². The number of hydrogen-bond acceptors (Lipinski definition) is 4. The molecule has 0 spiro atoms. The molecule has 0 saturated heterocycles. The predicted octanol–water partition coefficient (Wildman–Crippen LogP) is 6.32. The Balaban J connectivity index is 0.000000426. The molecule has 0 aliphatic carbocycles. The highest BCUT2D eigenvalue weighted by molar-refractivity contribution is 7.99. The zero-order chi connectivity index (χ0) is 27.1. The van der Waals surface area contributed by atoms with E-state index in [1.165, 1.54) is 9.79 Å². The summed E-state index contributed by atoms with van der Waals surface area (Å²) >= 11 is 1.75. The van der Waals surface area contributed by atoms with Gasteiger partial charge in [0.15, 0.2) is 0 Å². The van der Waals surface area contributed by atoms with Crippen LogP contribution in [0.4, 0.5) is 13.2 Å². The number of carbonyl (C=O) groups excluding carboxylic acids is 1. The SMILES string of the molecule is O=C(O)C(F)(F)F.O=C1NCCc2[nH]c(-c3ccnc(C=Cc4ccccc4Sc4ccccc4)c3)cc21. The van der Waals surface area contributed by atoms with Crippen molar-refractivity contribution in [1.82, 2.24) is 15.3 Å². The molecule has 3 heterocycles. The molecule has 38 heavy (non-hydrogen) atoms. The second kappa shape index (κ2) is 11.8. The molecule has 6 nitrogen and oxygen atoms in total. The standard InChI is InChI=1S/C26H21N3OS.C2HF3O2/c30-26-22-17-24(29-23(22)13-15-28-26)19-12-14-27-20(16-19)11-10-18-6-4-5-9-25(18)31-21-7-2-1-3-8-21;3-2(4,5)1(6)7/h1-12,14,16-17,29H,13,15H2,(H,28,30);(H,6,7). The molecular formula is C28H22F3N3O3S. The molecular weight excluding hydrogens is 515 g/mol. The number of nitrogens with zero attached hydrogens (tertiary/aromatic N) is 1. The van der Waals surface area contributed by atoms with Gasteiger partial charge in [-0.1, -0.05) is 54.2 Å². The van der Waals surface area contributed by atoms with Crippen molar-refractivity contribution in [2.45, 2.75) is 22.4 Å². The van der Waals surface area contributed by atoms with Crippen LogP contribution in [0.2, 0.25) is 0 Å². The van der Waals surface area contributed by atoms with Crippen molar-refractivity contribution in [2.75, 3.05) is 6.54 Å². The van der Waals surface area contributed by atoms with Gasteiger partial charge in [-0.25, -0.2) is 4.79 Å². The van der Waals surface area contributed by atoms with Crippen molar-refractivity contribution in [3.05, 3.63) is 102 Å². The number of halogens is 3. The first kappa shape index (κ1) is 26.7. The fraction of sp³-hybridized carbons (Fsp3) is 0.107. The maximum atomic E-state index is 12.1. The summed E-state index contributed by atoms with van der Waals surface area (Å²) in [5, 5.41) is 10.0. The Kier molecular flexibility index (Phi) is 8.32. The zero-order valence-corrected chi connectivity index (χ0v) is 20.6. The highest BCUT2D eigenvalue weighted by Gasteiger charge is 2.38. The predicted molar refractivity (Wildman–Crippen MR) is 140 cm³/mol. The molecule has 5 rings (SSSR count). The highest BCUT2D eigenvalue weighted by Crippen LogP contribution is 2.31. The lowest BCUT2D eigenvalue weighted by Crippen LogP contribution is -2.31. The third-order valence-corrected chi connectivity index (χ3v) is 6.56. The monoisotopic (exact) mass is 537 g/mol. The minimum Gasteiger partial charge on any atom is -0.475 e. The smallest absolute Gasteiger partial charge is 0.475 e. The van der Waals surface area contributed by atoms with Gasteiger partial charge < -0.3 is 15.4 Å². The number of fused-ring (bicyclic) bond motifs is 1. The summed E-state index contributed by atoms with van der Waals surface area (Å²) in [6.45, 7) is 0.677. The quantitative estimate of drug-likeness (QED) is 0.277. The van der Waals surface area contributed by atoms with Gasteiger partial charge >= 0.3 is 12.1 Å². The van der Waals surface area contributed by atoms with Crippen molar-refractivity contribution in [1.29, 1.82) is 0 Å². The van der Waals surface area contributed by atoms with Gasteiger partial charge in [-0.05, 0) is 48.0 Å². The first-order valence-corrected chi connectivity index (χ1v) is 12.3. The molecule has 1 amide bonds. The van der Waals surface area contributed by atoms with Crippen LogP contribution in [0.25, 0.3) is 23.4 Å². The molecule has 2 aromatic heterocycles. The summed E-state index contributed by atoms with van der Waals surface area (Å²) in [4.78, 5) is 31.3. The van der Waals surface area contributed by atoms with E-state index in [9.17, 15) is 18.0 Å². The molecule has 0 bridgehead atoms. The van der Waals surface area contributed by atoms with Crippen LogP contribution in [0.15, 0.2) is 88.8 Å². The summed E-state index contributed by atoms with van der Waals surface area (Å²) in [6.07, 6.45) is 1.68. The third-order valence-electron chi connectivity index (χ3n) is 5.46. The number of amides is 1. The van der Waals surface area contributed by atoms with Gasteiger partial charge in [0.05, 0.1) is 11.3 Å². The van der Waals surface area contributed by atoms with E-state index in [1.807, 2.05) is 36.4 Å². The first-order valence-electron chi connectivity index (χ1n) is 11.5. The van der Waals surface area contributed by atoms with Crippen LogP contribution in [-0.4, -0.2) is 39.7 Å². The van der Waals surface area contributed by atoms with Gasteiger partial charge in [-0.2, -0.15) is 13.2 Å². The summed E-state index contributed by atoms with van der Waals surface area (Å²) in [5.74, 6) is -2.77. The van der Waals surface area contributed by atoms with E-state index in [4.69, 9.17) is 9.90 Å². The Hall–Kier alpha value is -4.31. The van der Waals surface area contributed by atoms with E-state index >= 15 is 0 Å². The number of carboxylic acid groups (broad SMARTS) is 1. The molecule has 3 N–H and O–H groups in total. The number of nitrogens with one attached hydrogen (secondary N) is 2. The molecule has 0 atom stereocenters. The number of rotatable bonds is 5. The topological polar surface area (TPSA) is 95.1 Å². The number of aliphatic carboxylic acids is 1. The van der Waals surface area contributed by atoms with Crippen LogP contribution in [0.3, 0.4) is 0 Å². The van der Waals surface area contributed by atoms with E-state index in [2.05, 4.69) is 63.8 Å². The summed E-state index contributed by atoms with van der Waals surface area (Å²) in [5.41, 5.74) is 5.72. The van der Waals surface area contributed by atoms with Crippen molar-refractivity contribution >= 4 is 35.8 Å². The number of benzene rings is 2. The maximum Gasteiger partial charge on any atom is 0.490 e. The van der Waals surface area contributed by atoms with Gasteiger partial charge in [0, 0.05) is 45.9 Å². The Labute approximate surface area is 220 Å². The van der Waals surface area contributed by atoms with E-state index in [0.717, 1.165) is 40.2 Å². The number of aromatic nitrogens is 2. The van der Waals surface area contributed by atoms with E-state index in [1.54, 1.807) is 18.0 Å². The molecule has 194 valence electrons. The van der Waals surface area contributed by atoms with E-state index in [0.29, 0.717) is 6.54 Å². The summed E-state index contributed by atoms with van der Waals surface area (Å²) < 4.78 is 31.7. The lowest BCUT2D eigenvalue weighted by molar-refractivity contribution is -0.192. The number of alkyl halides is 3. The Morgan fingerprint density at radius 2 is 1.71 bits per heavy atom. The fourth-order valence-electron chi connectivity index (χ4n) is 3.66. The molecule has 0 radical (unpaired) electrons. The third kappa shape index (κ3) is 6.92. The van der Waals surface area contributed by atoms with Gasteiger partial charge in [0.25, 0.3) is 5.91 Å². The van der Waals surface area contributed by atoms with Crippen molar-refractivity contribution in [3.63, 3.8) is 0 Å². The van der Waals surface area contributed by atoms with Crippen molar-refractivity contribution < 1.29 is 27.9 Å². The van der Waals surface area contributed by atoms with E-state index in [-0.39, 0.29) is 5.91 Å². The van der Waals surface area contributed by atoms with Gasteiger partial charge in [0.2, 0.25) is 0 Å².